The number of aryl methyl sites for hydroxylation is 1. The van der Waals surface area contributed by atoms with Crippen LogP contribution < -0.4 is 18.9 Å². The molecule has 0 aliphatic rings. The van der Waals surface area contributed by atoms with Crippen molar-refractivity contribution >= 4 is 172 Å². The summed E-state index contributed by atoms with van der Waals surface area (Å²) in [4.78, 5) is 3.48. The van der Waals surface area contributed by atoms with Gasteiger partial charge < -0.3 is 18.9 Å². The van der Waals surface area contributed by atoms with Crippen molar-refractivity contribution in [2.24, 2.45) is 0 Å². The van der Waals surface area contributed by atoms with E-state index in [1.54, 1.807) is 34.0 Å². The van der Waals surface area contributed by atoms with Gasteiger partial charge in [-0.3, -0.25) is 0 Å². The van der Waals surface area contributed by atoms with E-state index in [1.165, 1.54) is 58.5 Å². The van der Waals surface area contributed by atoms with Gasteiger partial charge >= 0.3 is 18.5 Å². The third-order valence-corrected chi connectivity index (χ3v) is 26.7. The van der Waals surface area contributed by atoms with Crippen LogP contribution in [-0.2, 0) is 105 Å². The molecule has 0 unspecified atom stereocenters. The molecule has 24 aromatic rings. The Balaban J connectivity index is 0.000000126. The van der Waals surface area contributed by atoms with Crippen molar-refractivity contribution in [3.8, 4) is 88.8 Å². The zero-order chi connectivity index (χ0) is 91.4. The maximum Gasteiger partial charge on any atom is 0.419 e. The summed E-state index contributed by atoms with van der Waals surface area (Å²) in [6.45, 7) is 2.12. The van der Waals surface area contributed by atoms with Crippen molar-refractivity contribution in [2.75, 3.05) is 0 Å². The number of halogens is 9. The number of ether oxygens (including phenoxy) is 4. The van der Waals surface area contributed by atoms with Crippen LogP contribution >= 0.6 is 45.3 Å². The molecule has 138 heavy (non-hydrogen) atoms. The molecule has 688 valence electrons. The number of aromatic nitrogens is 8. The monoisotopic (exact) mass is 2620 g/mol. The maximum absolute atomic E-state index is 13.5. The molecule has 0 aliphatic heterocycles. The van der Waals surface area contributed by atoms with E-state index in [4.69, 9.17) is 18.9 Å². The van der Waals surface area contributed by atoms with E-state index in [2.05, 4.69) is 133 Å². The quantitative estimate of drug-likeness (QED) is 0.0616. The normalized spacial score (nSPS) is 11.5. The molecule has 0 amide bonds. The molecule has 29 heteroatoms. The summed E-state index contributed by atoms with van der Waals surface area (Å²) in [6.07, 6.45) is -12.5. The first-order valence-corrected chi connectivity index (χ1v) is 45.2. The van der Waals surface area contributed by atoms with Gasteiger partial charge in [0.1, 0.15) is 23.0 Å². The largest absolute Gasteiger partial charge is 0.437 e. The van der Waals surface area contributed by atoms with Crippen molar-refractivity contribution in [3.63, 3.8) is 0 Å². The predicted molar refractivity (Wildman–Crippen MR) is 517 cm³/mol. The SMILES string of the molecule is CCc1ccccc1Oc1nnc(-c2[c-]c3ccccc3s2)c2cc3ccccc3cc12.FC(F)(F)c1ccc(Oc2nnc(-c3[c-]c4ccccc4s3)c3cc4ccccc4cc23)cc1.FC(F)(F)c1cccc(Oc2nnc(-c3[c-]c4ccccc4s3)c3cc4ccccc4cc23)c1.FC(F)(F)c1ccccc1Oc1nnc(-c2[c-]c3ccccc3s2)c2cc3ccccc3cc12.[Ir].[Ir].[Ir].[Ir]. The molecule has 0 saturated carbocycles. The second kappa shape index (κ2) is 40.9. The Kier molecular flexibility index (Phi) is 28.6. The van der Waals surface area contributed by atoms with Crippen LogP contribution in [0.1, 0.15) is 29.2 Å². The summed E-state index contributed by atoms with van der Waals surface area (Å²) in [5, 5.41) is 53.8. The molecule has 16 aromatic carbocycles. The summed E-state index contributed by atoms with van der Waals surface area (Å²) in [6, 6.07) is 116. The zero-order valence-electron chi connectivity index (χ0n) is 71.1. The van der Waals surface area contributed by atoms with Crippen LogP contribution in [-0.4, -0.2) is 40.8 Å². The molecule has 0 fully saturated rings. The third-order valence-electron chi connectivity index (χ3n) is 22.4. The first-order chi connectivity index (χ1) is 65.2. The van der Waals surface area contributed by atoms with E-state index in [9.17, 15) is 39.5 Å². The number of alkyl halides is 9. The van der Waals surface area contributed by atoms with Crippen LogP contribution in [0.15, 0.2) is 340 Å². The number of nitrogens with zero attached hydrogens (tertiary/aromatic N) is 8. The number of rotatable bonds is 13. The van der Waals surface area contributed by atoms with Crippen molar-refractivity contribution in [1.82, 2.24) is 40.8 Å². The van der Waals surface area contributed by atoms with Crippen LogP contribution in [0, 0.1) is 24.3 Å². The standard InChI is InChI=1S/C28H19N2OS.3C27H14F3N2OS.4Ir/c1-2-18-9-5-7-13-24(18)31-28-23-16-20-11-4-3-10-19(20)15-22(23)27(29-30-28)26-17-21-12-6-8-14-25(21)32-26;28-27(29,30)21-10-4-5-11-22(21)33-26-20-14-17-8-2-1-7-16(17)13-19(20)25(31-32-26)24-15-18-9-3-6-12-23(18)34-24;28-27(29,30)19-9-5-10-20(15-19)33-26-22-13-17-7-2-1-6-16(17)12-21(22)25(31-32-26)24-14-18-8-3-4-11-23(18)34-24;28-27(29,30)19-9-11-20(12-10-19)33-26-22-14-17-6-2-1-5-16(17)13-21(22)25(31-32-26)24-15-18-7-3-4-8-23(18)34-24;;;;/h3-16H,2H2,1H3;1-14H;1-13,15H;1-14H;;;;/q4*-1;;;;. The number of thiophene rings is 4. The van der Waals surface area contributed by atoms with E-state index in [-0.39, 0.29) is 115 Å². The molecular weight excluding hydrogens is 2550 g/mol. The molecule has 12 nitrogen and oxygen atoms in total. The number of hydrogen-bond acceptors (Lipinski definition) is 16. The van der Waals surface area contributed by atoms with Gasteiger partial charge in [0.25, 0.3) is 0 Å². The molecular formula is C109H61F9Ir4N8O4S4-4. The molecule has 0 saturated heterocycles. The van der Waals surface area contributed by atoms with Gasteiger partial charge in [0, 0.05) is 125 Å². The molecule has 0 spiro atoms. The average Bonchev–Trinajstić information content (AvgIpc) is 1.28. The van der Waals surface area contributed by atoms with Gasteiger partial charge in [-0.05, 0) is 200 Å². The third kappa shape index (κ3) is 20.2. The molecule has 8 aromatic heterocycles. The van der Waals surface area contributed by atoms with Gasteiger partial charge in [-0.25, -0.2) is 45.3 Å². The summed E-state index contributed by atoms with van der Waals surface area (Å²) >= 11 is 6.37. The van der Waals surface area contributed by atoms with Crippen LogP contribution in [0.3, 0.4) is 0 Å². The van der Waals surface area contributed by atoms with Crippen molar-refractivity contribution < 1.29 is 139 Å². The van der Waals surface area contributed by atoms with Gasteiger partial charge in [-0.2, -0.15) is 59.9 Å². The summed E-state index contributed by atoms with van der Waals surface area (Å²) in [7, 11) is 0. The Morgan fingerprint density at radius 3 is 0.855 bits per heavy atom. The van der Waals surface area contributed by atoms with Gasteiger partial charge in [0.15, 0.2) is 0 Å². The van der Waals surface area contributed by atoms with Gasteiger partial charge in [-0.1, -0.05) is 213 Å². The van der Waals surface area contributed by atoms with Crippen LogP contribution in [0.25, 0.3) is 169 Å². The predicted octanol–water partition coefficient (Wildman–Crippen LogP) is 32.6. The molecule has 0 aliphatic carbocycles. The Labute approximate surface area is 850 Å². The Morgan fingerprint density at radius 1 is 0.246 bits per heavy atom. The maximum atomic E-state index is 13.5. The number of para-hydroxylation sites is 2. The number of benzene rings is 16. The number of fused-ring (bicyclic) bond motifs is 12. The molecule has 0 atom stereocenters. The summed E-state index contributed by atoms with van der Waals surface area (Å²) in [5.41, 5.74) is 1.53. The Morgan fingerprint density at radius 2 is 0.529 bits per heavy atom. The molecule has 0 bridgehead atoms. The summed E-state index contributed by atoms with van der Waals surface area (Å²) in [5.74, 6) is 1.70. The molecule has 4 radical (unpaired) electrons. The minimum absolute atomic E-state index is 0. The van der Waals surface area contributed by atoms with Crippen molar-refractivity contribution in [1.29, 1.82) is 0 Å². The Hall–Kier alpha value is -13.1. The topological polar surface area (TPSA) is 140 Å². The molecule has 24 rings (SSSR count). The molecule has 8 heterocycles. The minimum atomic E-state index is -4.56. The second-order valence-corrected chi connectivity index (χ2v) is 35.2. The number of hydrogen-bond donors (Lipinski definition) is 0. The van der Waals surface area contributed by atoms with E-state index >= 15 is 0 Å². The zero-order valence-corrected chi connectivity index (χ0v) is 84.0. The smallest absolute Gasteiger partial charge is 0.419 e. The average molecular weight is 2610 g/mol. The van der Waals surface area contributed by atoms with Crippen molar-refractivity contribution in [3.05, 3.63) is 386 Å². The summed E-state index contributed by atoms with van der Waals surface area (Å²) < 4.78 is 147. The Bertz CT molecular complexity index is 8560. The first kappa shape index (κ1) is 96.6. The van der Waals surface area contributed by atoms with E-state index in [0.717, 1.165) is 184 Å². The fraction of sp³-hybridized carbons (Fsp3) is 0.0459. The second-order valence-electron chi connectivity index (χ2n) is 31.0. The van der Waals surface area contributed by atoms with Gasteiger partial charge in [0.05, 0.1) is 16.7 Å². The van der Waals surface area contributed by atoms with Crippen LogP contribution in [0.5, 0.6) is 46.5 Å². The van der Waals surface area contributed by atoms with E-state index < -0.39 is 35.2 Å². The van der Waals surface area contributed by atoms with Crippen LogP contribution in [0.4, 0.5) is 39.5 Å². The molecule has 0 N–H and O–H groups in total. The first-order valence-electron chi connectivity index (χ1n) is 41.9. The van der Waals surface area contributed by atoms with Crippen molar-refractivity contribution in [2.45, 2.75) is 31.9 Å². The van der Waals surface area contributed by atoms with Crippen LogP contribution in [0.2, 0.25) is 0 Å². The fourth-order valence-corrected chi connectivity index (χ4v) is 19.9. The minimum Gasteiger partial charge on any atom is -0.437 e. The van der Waals surface area contributed by atoms with Gasteiger partial charge in [-0.15, -0.1) is 115 Å². The fourth-order valence-electron chi connectivity index (χ4n) is 15.9. The van der Waals surface area contributed by atoms with E-state index in [1.807, 2.05) is 206 Å². The van der Waals surface area contributed by atoms with Gasteiger partial charge in [0.2, 0.25) is 23.5 Å². The van der Waals surface area contributed by atoms with E-state index in [0.29, 0.717) is 33.7 Å².